The van der Waals surface area contributed by atoms with Gasteiger partial charge in [0.05, 0.1) is 10.6 Å². The lowest BCUT2D eigenvalue weighted by molar-refractivity contribution is 0.431. The van der Waals surface area contributed by atoms with Crippen LogP contribution in [0.3, 0.4) is 0 Å². The van der Waals surface area contributed by atoms with Crippen molar-refractivity contribution >= 4 is 17.0 Å². The van der Waals surface area contributed by atoms with Crippen LogP contribution in [0.15, 0.2) is 40.2 Å². The highest BCUT2D eigenvalue weighted by atomic mass is 32.1. The molecule has 3 rings (SSSR count). The van der Waals surface area contributed by atoms with E-state index in [1.165, 1.54) is 17.4 Å². The van der Waals surface area contributed by atoms with Crippen LogP contribution in [0.4, 0.5) is 5.69 Å². The van der Waals surface area contributed by atoms with E-state index in [0.717, 1.165) is 4.88 Å². The molecule has 0 fully saturated rings. The SMILES string of the molecule is Nc1ccc(-c2nc(-c3cccs3)no2)cc1O. The lowest BCUT2D eigenvalue weighted by Crippen LogP contribution is -1.86. The van der Waals surface area contributed by atoms with Crippen molar-refractivity contribution in [2.24, 2.45) is 0 Å². The molecule has 90 valence electrons. The fourth-order valence-electron chi connectivity index (χ4n) is 1.52. The summed E-state index contributed by atoms with van der Waals surface area (Å²) >= 11 is 1.54. The van der Waals surface area contributed by atoms with Crippen molar-refractivity contribution in [3.8, 4) is 27.9 Å². The van der Waals surface area contributed by atoms with Crippen molar-refractivity contribution in [2.45, 2.75) is 0 Å². The number of phenolic OH excluding ortho intramolecular Hbond substituents is 1. The Morgan fingerprint density at radius 2 is 2.17 bits per heavy atom. The van der Waals surface area contributed by atoms with Crippen molar-refractivity contribution in [1.29, 1.82) is 0 Å². The first-order valence-electron chi connectivity index (χ1n) is 5.20. The predicted octanol–water partition coefficient (Wildman–Crippen LogP) is 2.75. The molecule has 0 aliphatic heterocycles. The maximum Gasteiger partial charge on any atom is 0.258 e. The summed E-state index contributed by atoms with van der Waals surface area (Å²) in [5.74, 6) is 0.897. The van der Waals surface area contributed by atoms with Crippen molar-refractivity contribution in [3.05, 3.63) is 35.7 Å². The third-order valence-electron chi connectivity index (χ3n) is 2.44. The van der Waals surface area contributed by atoms with Crippen LogP contribution in [-0.2, 0) is 0 Å². The molecular formula is C12H9N3O2S. The molecule has 0 radical (unpaired) electrons. The normalized spacial score (nSPS) is 10.7. The Morgan fingerprint density at radius 1 is 1.28 bits per heavy atom. The molecule has 0 saturated carbocycles. The molecule has 0 bridgehead atoms. The third-order valence-corrected chi connectivity index (χ3v) is 3.31. The van der Waals surface area contributed by atoms with Crippen LogP contribution in [0.25, 0.3) is 22.2 Å². The summed E-state index contributed by atoms with van der Waals surface area (Å²) < 4.78 is 5.16. The number of nitrogens with two attached hydrogens (primary N) is 1. The fraction of sp³-hybridized carbons (Fsp3) is 0. The smallest absolute Gasteiger partial charge is 0.258 e. The van der Waals surface area contributed by atoms with Gasteiger partial charge in [0.15, 0.2) is 0 Å². The molecule has 6 heteroatoms. The molecule has 2 heterocycles. The summed E-state index contributed by atoms with van der Waals surface area (Å²) in [7, 11) is 0. The number of thiophene rings is 1. The van der Waals surface area contributed by atoms with Gasteiger partial charge in [0, 0.05) is 5.56 Å². The Morgan fingerprint density at radius 3 is 2.89 bits per heavy atom. The molecule has 0 amide bonds. The van der Waals surface area contributed by atoms with Crippen LogP contribution in [0.5, 0.6) is 5.75 Å². The number of aromatic hydroxyl groups is 1. The van der Waals surface area contributed by atoms with Crippen LogP contribution < -0.4 is 5.73 Å². The Hall–Kier alpha value is -2.34. The van der Waals surface area contributed by atoms with Crippen LogP contribution in [0.1, 0.15) is 0 Å². The quantitative estimate of drug-likeness (QED) is 0.546. The largest absolute Gasteiger partial charge is 0.506 e. The van der Waals surface area contributed by atoms with Crippen molar-refractivity contribution in [1.82, 2.24) is 10.1 Å². The van der Waals surface area contributed by atoms with E-state index < -0.39 is 0 Å². The van der Waals surface area contributed by atoms with Crippen molar-refractivity contribution < 1.29 is 9.63 Å². The number of hydrogen-bond donors (Lipinski definition) is 2. The van der Waals surface area contributed by atoms with Gasteiger partial charge in [-0.25, -0.2) is 0 Å². The van der Waals surface area contributed by atoms with E-state index >= 15 is 0 Å². The van der Waals surface area contributed by atoms with E-state index in [0.29, 0.717) is 23.0 Å². The summed E-state index contributed by atoms with van der Waals surface area (Å²) in [5.41, 5.74) is 6.49. The molecule has 5 nitrogen and oxygen atoms in total. The second kappa shape index (κ2) is 4.15. The number of nitrogen functional groups attached to an aromatic ring is 1. The Balaban J connectivity index is 2.00. The van der Waals surface area contributed by atoms with Gasteiger partial charge in [-0.2, -0.15) is 4.98 Å². The van der Waals surface area contributed by atoms with Crippen LogP contribution >= 0.6 is 11.3 Å². The van der Waals surface area contributed by atoms with Gasteiger partial charge in [-0.1, -0.05) is 11.2 Å². The third kappa shape index (κ3) is 1.82. The van der Waals surface area contributed by atoms with Gasteiger partial charge in [0.1, 0.15) is 5.75 Å². The minimum absolute atomic E-state index is 0.00312. The molecule has 3 N–H and O–H groups in total. The van der Waals surface area contributed by atoms with E-state index in [-0.39, 0.29) is 5.75 Å². The lowest BCUT2D eigenvalue weighted by Gasteiger charge is -1.99. The zero-order valence-electron chi connectivity index (χ0n) is 9.20. The first-order valence-corrected chi connectivity index (χ1v) is 6.08. The van der Waals surface area contributed by atoms with Gasteiger partial charge in [-0.05, 0) is 29.6 Å². The second-order valence-corrected chi connectivity index (χ2v) is 4.62. The van der Waals surface area contributed by atoms with Gasteiger partial charge in [0.2, 0.25) is 5.82 Å². The number of hydrogen-bond acceptors (Lipinski definition) is 6. The molecule has 2 aromatic heterocycles. The highest BCUT2D eigenvalue weighted by molar-refractivity contribution is 7.13. The van der Waals surface area contributed by atoms with E-state index in [9.17, 15) is 5.11 Å². The van der Waals surface area contributed by atoms with Gasteiger partial charge in [0.25, 0.3) is 5.89 Å². The topological polar surface area (TPSA) is 85.2 Å². The number of nitrogens with zero attached hydrogens (tertiary/aromatic N) is 2. The molecular weight excluding hydrogens is 250 g/mol. The predicted molar refractivity (Wildman–Crippen MR) is 69.1 cm³/mol. The van der Waals surface area contributed by atoms with Gasteiger partial charge in [-0.15, -0.1) is 11.3 Å². The molecule has 18 heavy (non-hydrogen) atoms. The summed E-state index contributed by atoms with van der Waals surface area (Å²) in [6.45, 7) is 0. The monoisotopic (exact) mass is 259 g/mol. The molecule has 0 saturated heterocycles. The van der Waals surface area contributed by atoms with E-state index in [2.05, 4.69) is 10.1 Å². The second-order valence-electron chi connectivity index (χ2n) is 3.67. The maximum absolute atomic E-state index is 9.54. The molecule has 1 aromatic carbocycles. The molecule has 0 atom stereocenters. The van der Waals surface area contributed by atoms with Crippen molar-refractivity contribution in [3.63, 3.8) is 0 Å². The summed E-state index contributed by atoms with van der Waals surface area (Å²) in [6, 6.07) is 8.66. The number of phenols is 1. The molecule has 0 aliphatic carbocycles. The molecule has 0 unspecified atom stereocenters. The molecule has 0 spiro atoms. The van der Waals surface area contributed by atoms with E-state index in [1.54, 1.807) is 12.1 Å². The van der Waals surface area contributed by atoms with E-state index in [1.807, 2.05) is 17.5 Å². The molecule has 3 aromatic rings. The first-order chi connectivity index (χ1) is 8.74. The maximum atomic E-state index is 9.54. The zero-order chi connectivity index (χ0) is 12.5. The van der Waals surface area contributed by atoms with Crippen molar-refractivity contribution in [2.75, 3.05) is 5.73 Å². The number of aromatic nitrogens is 2. The average molecular weight is 259 g/mol. The standard InChI is InChI=1S/C12H9N3O2S/c13-8-4-3-7(6-9(8)16)12-14-11(15-17-12)10-2-1-5-18-10/h1-6,16H,13H2. The average Bonchev–Trinajstić information content (AvgIpc) is 3.01. The summed E-state index contributed by atoms with van der Waals surface area (Å²) in [4.78, 5) is 5.21. The highest BCUT2D eigenvalue weighted by Gasteiger charge is 2.12. The first kappa shape index (κ1) is 10.8. The van der Waals surface area contributed by atoms with Gasteiger partial charge >= 0.3 is 0 Å². The minimum Gasteiger partial charge on any atom is -0.506 e. The van der Waals surface area contributed by atoms with Gasteiger partial charge in [-0.3, -0.25) is 0 Å². The number of anilines is 1. The lowest BCUT2D eigenvalue weighted by atomic mass is 10.2. The number of rotatable bonds is 2. The number of benzene rings is 1. The van der Waals surface area contributed by atoms with Crippen LogP contribution in [-0.4, -0.2) is 15.2 Å². The van der Waals surface area contributed by atoms with Crippen LogP contribution in [0, 0.1) is 0 Å². The Bertz CT molecular complexity index is 676. The highest BCUT2D eigenvalue weighted by Crippen LogP contribution is 2.29. The summed E-state index contributed by atoms with van der Waals surface area (Å²) in [6.07, 6.45) is 0. The molecule has 0 aliphatic rings. The fourth-order valence-corrected chi connectivity index (χ4v) is 2.17. The van der Waals surface area contributed by atoms with Crippen LogP contribution in [0.2, 0.25) is 0 Å². The van der Waals surface area contributed by atoms with E-state index in [4.69, 9.17) is 10.3 Å². The minimum atomic E-state index is 0.00312. The zero-order valence-corrected chi connectivity index (χ0v) is 10.0. The summed E-state index contributed by atoms with van der Waals surface area (Å²) in [5, 5.41) is 15.4. The Labute approximate surface area is 107 Å². The van der Waals surface area contributed by atoms with Gasteiger partial charge < -0.3 is 15.4 Å². The Kier molecular flexibility index (Phi) is 2.49.